The van der Waals surface area contributed by atoms with E-state index in [2.05, 4.69) is 45.2 Å². The second-order valence-electron chi connectivity index (χ2n) is 4.70. The third-order valence-corrected chi connectivity index (χ3v) is 3.11. The van der Waals surface area contributed by atoms with E-state index in [1.807, 2.05) is 6.92 Å². The second-order valence-corrected chi connectivity index (χ2v) is 4.70. The van der Waals surface area contributed by atoms with Crippen molar-refractivity contribution < 1.29 is 0 Å². The maximum Gasteiger partial charge on any atom is 0.0517 e. The van der Waals surface area contributed by atoms with Crippen molar-refractivity contribution in [2.45, 2.75) is 39.7 Å². The Hall–Kier alpha value is -1.34. The first-order chi connectivity index (χ1) is 7.99. The van der Waals surface area contributed by atoms with Gasteiger partial charge in [-0.1, -0.05) is 55.8 Å². The van der Waals surface area contributed by atoms with Crippen LogP contribution in [0.15, 0.2) is 36.9 Å². The lowest BCUT2D eigenvalue weighted by Crippen LogP contribution is -2.16. The van der Waals surface area contributed by atoms with E-state index in [-0.39, 0.29) is 6.04 Å². The third-order valence-electron chi connectivity index (χ3n) is 3.11. The van der Waals surface area contributed by atoms with E-state index in [0.717, 1.165) is 29.6 Å². The van der Waals surface area contributed by atoms with Crippen LogP contribution >= 0.6 is 0 Å². The minimum absolute atomic E-state index is 0.0807. The van der Waals surface area contributed by atoms with Crippen LogP contribution in [-0.4, -0.2) is 0 Å². The molecule has 0 fully saturated rings. The van der Waals surface area contributed by atoms with Crippen molar-refractivity contribution in [1.82, 2.24) is 0 Å². The van der Waals surface area contributed by atoms with Gasteiger partial charge in [-0.2, -0.15) is 0 Å². The summed E-state index contributed by atoms with van der Waals surface area (Å²) in [7, 11) is 0. The zero-order valence-corrected chi connectivity index (χ0v) is 11.2. The Morgan fingerprint density at radius 2 is 2.00 bits per heavy atom. The normalized spacial score (nSPS) is 12.2. The number of aryl methyl sites for hydroxylation is 1. The van der Waals surface area contributed by atoms with E-state index in [0.29, 0.717) is 0 Å². The lowest BCUT2D eigenvalue weighted by Gasteiger charge is -2.21. The van der Waals surface area contributed by atoms with Crippen LogP contribution in [0.2, 0.25) is 0 Å². The van der Waals surface area contributed by atoms with Gasteiger partial charge < -0.3 is 5.73 Å². The SMILES string of the molecule is C=C(C)c1cccc(C)c1C(N)C(=C)CCC. The van der Waals surface area contributed by atoms with Crippen molar-refractivity contribution >= 4 is 5.57 Å². The standard InChI is InChI=1S/C16H23N/c1-6-8-13(5)16(17)15-12(4)9-7-10-14(15)11(2)3/h7,9-10,16H,2,5-6,8,17H2,1,3-4H3. The molecular formula is C16H23N. The Balaban J connectivity index is 3.20. The van der Waals surface area contributed by atoms with Crippen LogP contribution in [0.3, 0.4) is 0 Å². The highest BCUT2D eigenvalue weighted by molar-refractivity contribution is 5.67. The molecule has 0 aliphatic carbocycles. The summed E-state index contributed by atoms with van der Waals surface area (Å²) in [5.41, 5.74) is 12.0. The topological polar surface area (TPSA) is 26.0 Å². The van der Waals surface area contributed by atoms with E-state index in [1.165, 1.54) is 11.1 Å². The molecule has 0 heterocycles. The van der Waals surface area contributed by atoms with Gasteiger partial charge in [0, 0.05) is 0 Å². The van der Waals surface area contributed by atoms with Crippen molar-refractivity contribution in [2.75, 3.05) is 0 Å². The summed E-state index contributed by atoms with van der Waals surface area (Å²) >= 11 is 0. The van der Waals surface area contributed by atoms with Crippen LogP contribution in [-0.2, 0) is 0 Å². The fourth-order valence-electron chi connectivity index (χ4n) is 2.15. The maximum absolute atomic E-state index is 6.32. The van der Waals surface area contributed by atoms with Gasteiger partial charge in [-0.05, 0) is 37.0 Å². The van der Waals surface area contributed by atoms with Crippen LogP contribution in [0.5, 0.6) is 0 Å². The Labute approximate surface area is 105 Å². The molecule has 1 unspecified atom stereocenters. The van der Waals surface area contributed by atoms with Crippen LogP contribution < -0.4 is 5.73 Å². The molecule has 1 heteroatoms. The van der Waals surface area contributed by atoms with Gasteiger partial charge in [0.15, 0.2) is 0 Å². The largest absolute Gasteiger partial charge is 0.321 e. The first kappa shape index (κ1) is 13.7. The third kappa shape index (κ3) is 3.07. The molecule has 1 aromatic carbocycles. The van der Waals surface area contributed by atoms with Crippen molar-refractivity contribution in [1.29, 1.82) is 0 Å². The smallest absolute Gasteiger partial charge is 0.0517 e. The lowest BCUT2D eigenvalue weighted by molar-refractivity contribution is 0.755. The Bertz CT molecular complexity index is 429. The van der Waals surface area contributed by atoms with Crippen molar-refractivity contribution in [2.24, 2.45) is 5.73 Å². The van der Waals surface area contributed by atoms with E-state index in [9.17, 15) is 0 Å². The van der Waals surface area contributed by atoms with Gasteiger partial charge >= 0.3 is 0 Å². The first-order valence-corrected chi connectivity index (χ1v) is 6.17. The summed E-state index contributed by atoms with van der Waals surface area (Å²) < 4.78 is 0. The highest BCUT2D eigenvalue weighted by Gasteiger charge is 2.16. The van der Waals surface area contributed by atoms with Crippen molar-refractivity contribution in [3.05, 3.63) is 53.6 Å². The van der Waals surface area contributed by atoms with Crippen LogP contribution in [0.1, 0.15) is 49.4 Å². The molecule has 1 atom stereocenters. The Morgan fingerprint density at radius 1 is 1.35 bits per heavy atom. The molecule has 0 aliphatic heterocycles. The summed E-state index contributed by atoms with van der Waals surface area (Å²) in [5.74, 6) is 0. The zero-order chi connectivity index (χ0) is 13.0. The van der Waals surface area contributed by atoms with Crippen LogP contribution in [0.25, 0.3) is 5.57 Å². The number of rotatable bonds is 5. The van der Waals surface area contributed by atoms with Crippen LogP contribution in [0, 0.1) is 6.92 Å². The van der Waals surface area contributed by atoms with Gasteiger partial charge in [0.25, 0.3) is 0 Å². The van der Waals surface area contributed by atoms with E-state index in [1.54, 1.807) is 0 Å². The van der Waals surface area contributed by atoms with E-state index >= 15 is 0 Å². The predicted molar refractivity (Wildman–Crippen MR) is 76.9 cm³/mol. The highest BCUT2D eigenvalue weighted by Crippen LogP contribution is 2.30. The summed E-state index contributed by atoms with van der Waals surface area (Å²) in [6.45, 7) is 14.4. The molecule has 0 saturated heterocycles. The fourth-order valence-corrected chi connectivity index (χ4v) is 2.15. The Morgan fingerprint density at radius 3 is 2.53 bits per heavy atom. The van der Waals surface area contributed by atoms with Crippen LogP contribution in [0.4, 0.5) is 0 Å². The summed E-state index contributed by atoms with van der Waals surface area (Å²) in [5, 5.41) is 0. The zero-order valence-electron chi connectivity index (χ0n) is 11.2. The number of hydrogen-bond acceptors (Lipinski definition) is 1. The number of nitrogens with two attached hydrogens (primary N) is 1. The second kappa shape index (κ2) is 5.83. The average molecular weight is 229 g/mol. The Kier molecular flexibility index (Phi) is 4.71. The van der Waals surface area contributed by atoms with Gasteiger partial charge in [-0.25, -0.2) is 0 Å². The lowest BCUT2D eigenvalue weighted by atomic mass is 9.88. The number of hydrogen-bond donors (Lipinski definition) is 1. The molecule has 17 heavy (non-hydrogen) atoms. The quantitative estimate of drug-likeness (QED) is 0.745. The fraction of sp³-hybridized carbons (Fsp3) is 0.375. The monoisotopic (exact) mass is 229 g/mol. The maximum atomic E-state index is 6.32. The minimum atomic E-state index is -0.0807. The molecule has 1 nitrogen and oxygen atoms in total. The van der Waals surface area contributed by atoms with Gasteiger partial charge in [0.1, 0.15) is 0 Å². The molecule has 1 rings (SSSR count). The molecule has 92 valence electrons. The van der Waals surface area contributed by atoms with Gasteiger partial charge in [-0.3, -0.25) is 0 Å². The van der Waals surface area contributed by atoms with Gasteiger partial charge in [0.05, 0.1) is 6.04 Å². The molecule has 0 spiro atoms. The van der Waals surface area contributed by atoms with Gasteiger partial charge in [-0.15, -0.1) is 0 Å². The summed E-state index contributed by atoms with van der Waals surface area (Å²) in [4.78, 5) is 0. The van der Waals surface area contributed by atoms with Crippen molar-refractivity contribution in [3.63, 3.8) is 0 Å². The van der Waals surface area contributed by atoms with E-state index < -0.39 is 0 Å². The molecule has 0 bridgehead atoms. The van der Waals surface area contributed by atoms with Gasteiger partial charge in [0.2, 0.25) is 0 Å². The minimum Gasteiger partial charge on any atom is -0.321 e. The van der Waals surface area contributed by atoms with Crippen molar-refractivity contribution in [3.8, 4) is 0 Å². The van der Waals surface area contributed by atoms with E-state index in [4.69, 9.17) is 5.73 Å². The highest BCUT2D eigenvalue weighted by atomic mass is 14.6. The summed E-state index contributed by atoms with van der Waals surface area (Å²) in [6, 6.07) is 6.16. The number of benzene rings is 1. The summed E-state index contributed by atoms with van der Waals surface area (Å²) in [6.07, 6.45) is 2.06. The first-order valence-electron chi connectivity index (χ1n) is 6.17. The molecular weight excluding hydrogens is 206 g/mol. The molecule has 0 aliphatic rings. The molecule has 2 N–H and O–H groups in total. The molecule has 0 saturated carbocycles. The predicted octanol–water partition coefficient (Wildman–Crippen LogP) is 4.38. The number of allylic oxidation sites excluding steroid dienone is 1. The molecule has 0 radical (unpaired) electrons. The average Bonchev–Trinajstić information content (AvgIpc) is 2.28. The molecule has 0 amide bonds. The molecule has 0 aromatic heterocycles. The molecule has 1 aromatic rings.